The Hall–Kier alpha value is -3.94. The number of aromatic hydroxyl groups is 1. The van der Waals surface area contributed by atoms with Crippen molar-refractivity contribution in [3.05, 3.63) is 89.1 Å². The van der Waals surface area contributed by atoms with E-state index in [0.29, 0.717) is 5.75 Å². The molecule has 1 heterocycles. The molecule has 0 amide bonds. The fourth-order valence-corrected chi connectivity index (χ4v) is 3.37. The zero-order valence-corrected chi connectivity index (χ0v) is 18.6. The van der Waals surface area contributed by atoms with E-state index in [9.17, 15) is 18.3 Å². The Labute approximate surface area is 194 Å². The van der Waals surface area contributed by atoms with Crippen LogP contribution in [0.25, 0.3) is 11.3 Å². The van der Waals surface area contributed by atoms with Crippen molar-refractivity contribution in [2.45, 2.75) is 33.1 Å². The Morgan fingerprint density at radius 1 is 0.912 bits per heavy atom. The van der Waals surface area contributed by atoms with Gasteiger partial charge in [0.15, 0.2) is 11.4 Å². The van der Waals surface area contributed by atoms with E-state index >= 15 is 0 Å². The van der Waals surface area contributed by atoms with Crippen LogP contribution in [0, 0.1) is 6.92 Å². The van der Waals surface area contributed by atoms with Crippen LogP contribution in [-0.4, -0.2) is 15.3 Å². The molecule has 0 unspecified atom stereocenters. The first-order valence-corrected chi connectivity index (χ1v) is 10.7. The average molecular weight is 468 g/mol. The summed E-state index contributed by atoms with van der Waals surface area (Å²) in [5, 5.41) is 16.4. The fraction of sp³-hybridized carbons (Fsp3) is 0.192. The van der Waals surface area contributed by atoms with E-state index in [4.69, 9.17) is 9.47 Å². The number of phenolic OH excluding ortho intramolecular Hbond substituents is 1. The third-order valence-electron chi connectivity index (χ3n) is 5.31. The maximum absolute atomic E-state index is 13.6. The van der Waals surface area contributed by atoms with Crippen LogP contribution in [0.3, 0.4) is 0 Å². The molecule has 0 aliphatic heterocycles. The van der Waals surface area contributed by atoms with Crippen LogP contribution in [0.4, 0.5) is 13.2 Å². The molecular weight excluding hydrogens is 445 g/mol. The molecule has 0 saturated heterocycles. The molecule has 8 heteroatoms. The number of aryl methyl sites for hydroxylation is 2. The van der Waals surface area contributed by atoms with Crippen LogP contribution in [0.15, 0.2) is 66.7 Å². The number of nitrogens with zero attached hydrogens (tertiary/aromatic N) is 1. The van der Waals surface area contributed by atoms with Crippen LogP contribution in [0.1, 0.15) is 29.3 Å². The molecule has 5 nitrogen and oxygen atoms in total. The predicted octanol–water partition coefficient (Wildman–Crippen LogP) is 7.04. The van der Waals surface area contributed by atoms with Crippen LogP contribution in [0.5, 0.6) is 23.0 Å². The summed E-state index contributed by atoms with van der Waals surface area (Å²) in [5.74, 6) is -0.206. The minimum absolute atomic E-state index is 0.0783. The molecule has 4 rings (SSSR count). The molecule has 176 valence electrons. The molecule has 1 aromatic heterocycles. The van der Waals surface area contributed by atoms with Crippen molar-refractivity contribution < 1.29 is 27.8 Å². The van der Waals surface area contributed by atoms with Gasteiger partial charge in [0.1, 0.15) is 29.5 Å². The van der Waals surface area contributed by atoms with E-state index in [1.807, 2.05) is 43.2 Å². The number of rotatable bonds is 7. The van der Waals surface area contributed by atoms with Crippen molar-refractivity contribution in [1.29, 1.82) is 0 Å². The normalized spacial score (nSPS) is 11.4. The Kier molecular flexibility index (Phi) is 6.49. The van der Waals surface area contributed by atoms with Gasteiger partial charge >= 0.3 is 6.18 Å². The van der Waals surface area contributed by atoms with E-state index in [1.165, 1.54) is 12.1 Å². The van der Waals surface area contributed by atoms with Gasteiger partial charge in [-0.2, -0.15) is 18.3 Å². The number of nitrogens with one attached hydrogen (secondary N) is 1. The van der Waals surface area contributed by atoms with Gasteiger partial charge in [0.25, 0.3) is 0 Å². The topological polar surface area (TPSA) is 67.4 Å². The summed E-state index contributed by atoms with van der Waals surface area (Å²) in [6.07, 6.45) is -3.94. The van der Waals surface area contributed by atoms with Crippen molar-refractivity contribution in [3.63, 3.8) is 0 Å². The Morgan fingerprint density at radius 2 is 1.56 bits per heavy atom. The van der Waals surface area contributed by atoms with Crippen molar-refractivity contribution in [2.75, 3.05) is 0 Å². The molecule has 0 atom stereocenters. The largest absolute Gasteiger partial charge is 0.507 e. The minimum atomic E-state index is -4.73. The lowest BCUT2D eigenvalue weighted by atomic mass is 10.1. The molecule has 34 heavy (non-hydrogen) atoms. The SMILES string of the molecule is CCc1ccc(Oc2c(-c3ccc(OCc4ccc(C)cc4)cc3O)n[nH]c2C(F)(F)F)cc1. The molecule has 0 spiro atoms. The summed E-state index contributed by atoms with van der Waals surface area (Å²) >= 11 is 0. The summed E-state index contributed by atoms with van der Waals surface area (Å²) < 4.78 is 52.2. The lowest BCUT2D eigenvalue weighted by Crippen LogP contribution is -2.07. The van der Waals surface area contributed by atoms with Gasteiger partial charge in [0.2, 0.25) is 0 Å². The first kappa shape index (κ1) is 23.2. The number of H-pyrrole nitrogens is 1. The second-order valence-corrected chi connectivity index (χ2v) is 7.83. The first-order valence-electron chi connectivity index (χ1n) is 10.7. The number of aromatic nitrogens is 2. The highest BCUT2D eigenvalue weighted by molar-refractivity contribution is 5.74. The Morgan fingerprint density at radius 3 is 2.18 bits per heavy atom. The third-order valence-corrected chi connectivity index (χ3v) is 5.31. The van der Waals surface area contributed by atoms with Gasteiger partial charge in [-0.3, -0.25) is 5.10 Å². The summed E-state index contributed by atoms with van der Waals surface area (Å²) in [6.45, 7) is 4.24. The third kappa shape index (κ3) is 5.17. The highest BCUT2D eigenvalue weighted by Gasteiger charge is 2.39. The van der Waals surface area contributed by atoms with Crippen molar-refractivity contribution in [1.82, 2.24) is 10.2 Å². The molecule has 0 aliphatic carbocycles. The molecular formula is C26H23F3N2O3. The van der Waals surface area contributed by atoms with Crippen LogP contribution in [0.2, 0.25) is 0 Å². The van der Waals surface area contributed by atoms with E-state index in [0.717, 1.165) is 23.1 Å². The summed E-state index contributed by atoms with van der Waals surface area (Å²) in [5.41, 5.74) is 1.88. The Bertz CT molecular complexity index is 1260. The number of hydrogen-bond donors (Lipinski definition) is 2. The standard InChI is InChI=1S/C26H23F3N2O3/c1-3-17-8-10-19(11-9-17)34-24-23(30-31-25(24)26(27,28)29)21-13-12-20(14-22(21)32)33-15-18-6-4-16(2)5-7-18/h4-14,32H,3,15H2,1-2H3,(H,30,31). The second-order valence-electron chi connectivity index (χ2n) is 7.83. The molecule has 0 saturated carbocycles. The summed E-state index contributed by atoms with van der Waals surface area (Å²) in [7, 11) is 0. The minimum Gasteiger partial charge on any atom is -0.507 e. The lowest BCUT2D eigenvalue weighted by molar-refractivity contribution is -0.142. The zero-order valence-electron chi connectivity index (χ0n) is 18.6. The van der Waals surface area contributed by atoms with E-state index in [2.05, 4.69) is 5.10 Å². The molecule has 3 aromatic carbocycles. The van der Waals surface area contributed by atoms with Gasteiger partial charge in [-0.05, 0) is 48.7 Å². The van der Waals surface area contributed by atoms with Gasteiger partial charge < -0.3 is 14.6 Å². The predicted molar refractivity (Wildman–Crippen MR) is 122 cm³/mol. The highest BCUT2D eigenvalue weighted by Crippen LogP contribution is 2.45. The van der Waals surface area contributed by atoms with Crippen molar-refractivity contribution in [2.24, 2.45) is 0 Å². The van der Waals surface area contributed by atoms with Gasteiger partial charge in [-0.1, -0.05) is 48.9 Å². The maximum Gasteiger partial charge on any atom is 0.436 e. The van der Waals surface area contributed by atoms with Crippen molar-refractivity contribution in [3.8, 4) is 34.3 Å². The number of alkyl halides is 3. The first-order chi connectivity index (χ1) is 16.2. The zero-order chi connectivity index (χ0) is 24.3. The van der Waals surface area contributed by atoms with Crippen molar-refractivity contribution >= 4 is 0 Å². The van der Waals surface area contributed by atoms with Gasteiger partial charge in [0.05, 0.1) is 0 Å². The average Bonchev–Trinajstić information content (AvgIpc) is 3.23. The molecule has 0 radical (unpaired) electrons. The van der Waals surface area contributed by atoms with Crippen LogP contribution < -0.4 is 9.47 Å². The second kappa shape index (κ2) is 9.51. The summed E-state index contributed by atoms with van der Waals surface area (Å²) in [4.78, 5) is 0. The van der Waals surface area contributed by atoms with E-state index < -0.39 is 17.6 Å². The summed E-state index contributed by atoms with van der Waals surface area (Å²) in [6, 6.07) is 18.9. The molecule has 0 bridgehead atoms. The van der Waals surface area contributed by atoms with E-state index in [1.54, 1.807) is 30.3 Å². The maximum atomic E-state index is 13.6. The number of aromatic amines is 1. The fourth-order valence-electron chi connectivity index (χ4n) is 3.37. The number of halogens is 3. The van der Waals surface area contributed by atoms with Crippen LogP contribution >= 0.6 is 0 Å². The molecule has 0 aliphatic rings. The smallest absolute Gasteiger partial charge is 0.436 e. The van der Waals surface area contributed by atoms with Gasteiger partial charge in [-0.15, -0.1) is 0 Å². The molecule has 2 N–H and O–H groups in total. The number of hydrogen-bond acceptors (Lipinski definition) is 4. The lowest BCUT2D eigenvalue weighted by Gasteiger charge is -2.12. The quantitative estimate of drug-likeness (QED) is 0.305. The Balaban J connectivity index is 1.62. The molecule has 0 fully saturated rings. The number of ether oxygens (including phenoxy) is 2. The van der Waals surface area contributed by atoms with Crippen LogP contribution in [-0.2, 0) is 19.2 Å². The number of phenols is 1. The van der Waals surface area contributed by atoms with Gasteiger partial charge in [-0.25, -0.2) is 0 Å². The number of benzene rings is 3. The van der Waals surface area contributed by atoms with Gasteiger partial charge in [0, 0.05) is 11.6 Å². The monoisotopic (exact) mass is 468 g/mol. The molecule has 4 aromatic rings. The van der Waals surface area contributed by atoms with E-state index in [-0.39, 0.29) is 29.4 Å². The highest BCUT2D eigenvalue weighted by atomic mass is 19.4.